The van der Waals surface area contributed by atoms with Gasteiger partial charge in [0.05, 0.1) is 12.1 Å². The van der Waals surface area contributed by atoms with Crippen molar-refractivity contribution < 1.29 is 29.3 Å². The molecule has 0 aliphatic rings. The molecule has 4 N–H and O–H groups in total. The zero-order chi connectivity index (χ0) is 30.7. The molecule has 8 nitrogen and oxygen atoms in total. The van der Waals surface area contributed by atoms with Crippen LogP contribution in [0.1, 0.15) is 52.2 Å². The number of rotatable bonds is 11. The maximum absolute atomic E-state index is 12.8. The topological polar surface area (TPSA) is 129 Å². The summed E-state index contributed by atoms with van der Waals surface area (Å²) in [5.74, 6) is -2.05. The standard InChI is InChI=1S/C35H34N2O6/c1-20(2)30(34(39)40)37-33(38)23-16-17-24(21(3)19-23)26-12-7-13-27-28(32(35(41)42)36-31(26)27)14-8-18-43-29-15-6-10-22-9-4-5-11-25(22)29/h4-7,9-13,15-17,19-20,30,36H,8,14,18H2,1-3H3,(H,37,38)(H,39,40)(H,41,42)/t30-/m0/s1. The van der Waals surface area contributed by atoms with Crippen molar-refractivity contribution in [3.63, 3.8) is 0 Å². The van der Waals surface area contributed by atoms with Gasteiger partial charge < -0.3 is 25.3 Å². The fourth-order valence-electron chi connectivity index (χ4n) is 5.54. The molecule has 0 aliphatic heterocycles. The molecule has 1 atom stereocenters. The van der Waals surface area contributed by atoms with Crippen molar-refractivity contribution in [2.75, 3.05) is 6.61 Å². The van der Waals surface area contributed by atoms with Crippen molar-refractivity contribution in [1.82, 2.24) is 10.3 Å². The first-order valence-corrected chi connectivity index (χ1v) is 14.3. The summed E-state index contributed by atoms with van der Waals surface area (Å²) in [6.45, 7) is 5.78. The molecule has 0 fully saturated rings. The number of ether oxygens (including phenoxy) is 1. The van der Waals surface area contributed by atoms with Crippen molar-refractivity contribution in [2.24, 2.45) is 5.92 Å². The third-order valence-corrected chi connectivity index (χ3v) is 7.73. The van der Waals surface area contributed by atoms with Crippen LogP contribution in [-0.2, 0) is 11.2 Å². The third-order valence-electron chi connectivity index (χ3n) is 7.73. The number of aromatic nitrogens is 1. The van der Waals surface area contributed by atoms with Crippen LogP contribution < -0.4 is 10.1 Å². The molecule has 1 heterocycles. The van der Waals surface area contributed by atoms with E-state index in [-0.39, 0.29) is 11.6 Å². The molecule has 5 aromatic rings. The van der Waals surface area contributed by atoms with E-state index in [1.54, 1.807) is 26.0 Å². The SMILES string of the molecule is Cc1cc(C(=O)N[C@H](C(=O)O)C(C)C)ccc1-c1cccc2c(CCCOc3cccc4ccccc34)c(C(=O)O)[nH]c12. The molecular weight excluding hydrogens is 544 g/mol. The fraction of sp³-hybridized carbons (Fsp3) is 0.229. The number of H-pyrrole nitrogens is 1. The van der Waals surface area contributed by atoms with Crippen molar-refractivity contribution in [3.8, 4) is 16.9 Å². The highest BCUT2D eigenvalue weighted by atomic mass is 16.5. The molecular formula is C35H34N2O6. The maximum atomic E-state index is 12.8. The quantitative estimate of drug-likeness (QED) is 0.127. The van der Waals surface area contributed by atoms with E-state index in [1.165, 1.54) is 0 Å². The Morgan fingerprint density at radius 3 is 2.33 bits per heavy atom. The van der Waals surface area contributed by atoms with Crippen LogP contribution in [0.2, 0.25) is 0 Å². The maximum Gasteiger partial charge on any atom is 0.352 e. The van der Waals surface area contributed by atoms with Gasteiger partial charge in [0.1, 0.15) is 17.5 Å². The van der Waals surface area contributed by atoms with Crippen LogP contribution >= 0.6 is 0 Å². The van der Waals surface area contributed by atoms with E-state index in [1.807, 2.05) is 73.7 Å². The van der Waals surface area contributed by atoms with Crippen LogP contribution in [0.5, 0.6) is 5.75 Å². The van der Waals surface area contributed by atoms with Gasteiger partial charge in [0.25, 0.3) is 5.91 Å². The normalized spacial score (nSPS) is 12.0. The first-order valence-electron chi connectivity index (χ1n) is 14.3. The van der Waals surface area contributed by atoms with Gasteiger partial charge in [0, 0.05) is 21.9 Å². The molecule has 5 rings (SSSR count). The Kier molecular flexibility index (Phi) is 8.48. The Hall–Kier alpha value is -5.11. The number of fused-ring (bicyclic) bond motifs is 2. The summed E-state index contributed by atoms with van der Waals surface area (Å²) in [7, 11) is 0. The van der Waals surface area contributed by atoms with Gasteiger partial charge in [-0.05, 0) is 66.0 Å². The molecule has 0 saturated heterocycles. The number of nitrogens with one attached hydrogen (secondary N) is 2. The van der Waals surface area contributed by atoms with E-state index >= 15 is 0 Å². The highest BCUT2D eigenvalue weighted by Crippen LogP contribution is 2.34. The Morgan fingerprint density at radius 1 is 0.884 bits per heavy atom. The largest absolute Gasteiger partial charge is 0.493 e. The highest BCUT2D eigenvalue weighted by Gasteiger charge is 2.25. The van der Waals surface area contributed by atoms with E-state index in [0.29, 0.717) is 36.1 Å². The Labute approximate surface area is 249 Å². The summed E-state index contributed by atoms with van der Waals surface area (Å²) in [6, 6.07) is 23.9. The molecule has 0 saturated carbocycles. The number of hydrogen-bond donors (Lipinski definition) is 4. The van der Waals surface area contributed by atoms with Gasteiger partial charge in [0.2, 0.25) is 0 Å². The number of benzene rings is 4. The number of hydrogen-bond acceptors (Lipinski definition) is 4. The summed E-state index contributed by atoms with van der Waals surface area (Å²) in [6.07, 6.45) is 1.13. The average molecular weight is 579 g/mol. The predicted molar refractivity (Wildman–Crippen MR) is 167 cm³/mol. The molecule has 4 aromatic carbocycles. The average Bonchev–Trinajstić information content (AvgIpc) is 3.37. The summed E-state index contributed by atoms with van der Waals surface area (Å²) in [5, 5.41) is 25.0. The van der Waals surface area contributed by atoms with Crippen LogP contribution in [0.15, 0.2) is 78.9 Å². The first kappa shape index (κ1) is 29.4. The molecule has 0 spiro atoms. The molecule has 1 aromatic heterocycles. The first-order chi connectivity index (χ1) is 20.7. The third kappa shape index (κ3) is 6.09. The molecule has 220 valence electrons. The lowest BCUT2D eigenvalue weighted by Crippen LogP contribution is -2.44. The van der Waals surface area contributed by atoms with Crippen LogP contribution in [0.25, 0.3) is 32.8 Å². The van der Waals surface area contributed by atoms with Crippen LogP contribution in [-0.4, -0.2) is 45.7 Å². The molecule has 8 heteroatoms. The van der Waals surface area contributed by atoms with E-state index in [2.05, 4.69) is 10.3 Å². The lowest BCUT2D eigenvalue weighted by Gasteiger charge is -2.18. The number of carbonyl (C=O) groups is 3. The van der Waals surface area contributed by atoms with Gasteiger partial charge in [-0.3, -0.25) is 4.79 Å². The summed E-state index contributed by atoms with van der Waals surface area (Å²) < 4.78 is 6.10. The Morgan fingerprint density at radius 2 is 1.60 bits per heavy atom. The summed E-state index contributed by atoms with van der Waals surface area (Å²) >= 11 is 0. The van der Waals surface area contributed by atoms with E-state index in [9.17, 15) is 24.6 Å². The molecule has 0 radical (unpaired) electrons. The second kappa shape index (κ2) is 12.4. The number of aryl methyl sites for hydroxylation is 2. The Balaban J connectivity index is 1.39. The van der Waals surface area contributed by atoms with Crippen molar-refractivity contribution >= 4 is 39.5 Å². The lowest BCUT2D eigenvalue weighted by atomic mass is 9.95. The van der Waals surface area contributed by atoms with Gasteiger partial charge in [-0.2, -0.15) is 0 Å². The molecule has 0 aliphatic carbocycles. The predicted octanol–water partition coefficient (Wildman–Crippen LogP) is 6.85. The number of aromatic amines is 1. The number of carboxylic acid groups (broad SMARTS) is 2. The number of aromatic carboxylic acids is 1. The molecule has 1 amide bonds. The second-order valence-electron chi connectivity index (χ2n) is 11.0. The minimum Gasteiger partial charge on any atom is -0.493 e. The van der Waals surface area contributed by atoms with Crippen molar-refractivity contribution in [1.29, 1.82) is 0 Å². The zero-order valence-electron chi connectivity index (χ0n) is 24.3. The highest BCUT2D eigenvalue weighted by molar-refractivity contribution is 6.04. The van der Waals surface area contributed by atoms with Gasteiger partial charge in [-0.25, -0.2) is 9.59 Å². The second-order valence-corrected chi connectivity index (χ2v) is 11.0. The molecule has 0 bridgehead atoms. The van der Waals surface area contributed by atoms with Crippen molar-refractivity contribution in [2.45, 2.75) is 39.7 Å². The number of carboxylic acids is 2. The smallest absolute Gasteiger partial charge is 0.352 e. The monoisotopic (exact) mass is 578 g/mol. The van der Waals surface area contributed by atoms with Crippen LogP contribution in [0.3, 0.4) is 0 Å². The van der Waals surface area contributed by atoms with Crippen LogP contribution in [0.4, 0.5) is 0 Å². The lowest BCUT2D eigenvalue weighted by molar-refractivity contribution is -0.140. The Bertz CT molecular complexity index is 1830. The van der Waals surface area contributed by atoms with Gasteiger partial charge in [-0.1, -0.05) is 74.5 Å². The minimum absolute atomic E-state index is 0.148. The van der Waals surface area contributed by atoms with Crippen molar-refractivity contribution in [3.05, 3.63) is 101 Å². The molecule has 43 heavy (non-hydrogen) atoms. The molecule has 0 unspecified atom stereocenters. The number of carbonyl (C=O) groups excluding carboxylic acids is 1. The number of aliphatic carboxylic acids is 1. The van der Waals surface area contributed by atoms with E-state index < -0.39 is 23.9 Å². The van der Waals surface area contributed by atoms with E-state index in [4.69, 9.17) is 4.74 Å². The number of para-hydroxylation sites is 1. The van der Waals surface area contributed by atoms with Gasteiger partial charge >= 0.3 is 11.9 Å². The van der Waals surface area contributed by atoms with Gasteiger partial charge in [-0.15, -0.1) is 0 Å². The minimum atomic E-state index is -1.08. The number of amides is 1. The fourth-order valence-corrected chi connectivity index (χ4v) is 5.54. The van der Waals surface area contributed by atoms with Crippen LogP contribution in [0, 0.1) is 12.8 Å². The zero-order valence-corrected chi connectivity index (χ0v) is 24.3. The van der Waals surface area contributed by atoms with E-state index in [0.717, 1.165) is 38.6 Å². The summed E-state index contributed by atoms with van der Waals surface area (Å²) in [5.41, 5.74) is 4.37. The summed E-state index contributed by atoms with van der Waals surface area (Å²) in [4.78, 5) is 39.8. The van der Waals surface area contributed by atoms with Gasteiger partial charge in [0.15, 0.2) is 0 Å².